The summed E-state index contributed by atoms with van der Waals surface area (Å²) in [5, 5.41) is 8.71. The SMILES string of the molecule is C[C@]12C[C@H](c3ccc(OCCCCCCCC(=O)O)cc3)C3=C4CCC(=O)C=C4CC[C@H]3[C@@H]1CCC2=O. The summed E-state index contributed by atoms with van der Waals surface area (Å²) in [6, 6.07) is 8.51. The highest BCUT2D eigenvalue weighted by Gasteiger charge is 2.56. The number of rotatable bonds is 10. The lowest BCUT2D eigenvalue weighted by Gasteiger charge is -2.50. The number of Topliss-reactive ketones (excluding diaryl/α,β-unsaturated/α-hetero) is 1. The van der Waals surface area contributed by atoms with E-state index in [2.05, 4.69) is 31.2 Å². The van der Waals surface area contributed by atoms with E-state index in [4.69, 9.17) is 9.84 Å². The van der Waals surface area contributed by atoms with Gasteiger partial charge in [-0.3, -0.25) is 14.4 Å². The van der Waals surface area contributed by atoms with Gasteiger partial charge in [-0.05, 0) is 91.7 Å². The molecule has 5 nitrogen and oxygen atoms in total. The number of carboxylic acid groups (broad SMARTS) is 1. The molecule has 4 aliphatic rings. The van der Waals surface area contributed by atoms with Crippen molar-refractivity contribution in [3.05, 3.63) is 52.6 Å². The predicted molar refractivity (Wildman–Crippen MR) is 143 cm³/mol. The van der Waals surface area contributed by atoms with Crippen molar-refractivity contribution in [2.24, 2.45) is 17.3 Å². The molecule has 2 saturated carbocycles. The summed E-state index contributed by atoms with van der Waals surface area (Å²) >= 11 is 0. The summed E-state index contributed by atoms with van der Waals surface area (Å²) < 4.78 is 6.00. The normalized spacial score (nSPS) is 28.9. The van der Waals surface area contributed by atoms with Crippen molar-refractivity contribution >= 4 is 17.5 Å². The molecule has 4 atom stereocenters. The fourth-order valence-electron chi connectivity index (χ4n) is 7.63. The molecule has 5 heteroatoms. The van der Waals surface area contributed by atoms with Gasteiger partial charge in [-0.2, -0.15) is 0 Å². The Bertz CT molecular complexity index is 1110. The molecule has 0 amide bonds. The topological polar surface area (TPSA) is 80.7 Å². The summed E-state index contributed by atoms with van der Waals surface area (Å²) in [5.74, 6) is 1.95. The number of hydrogen-bond donors (Lipinski definition) is 1. The highest BCUT2D eigenvalue weighted by atomic mass is 16.5. The molecule has 0 bridgehead atoms. The van der Waals surface area contributed by atoms with Crippen molar-refractivity contribution < 1.29 is 24.2 Å². The van der Waals surface area contributed by atoms with Crippen molar-refractivity contribution in [2.75, 3.05) is 6.61 Å². The average Bonchev–Trinajstić information content (AvgIpc) is 3.19. The number of unbranched alkanes of at least 4 members (excludes halogenated alkanes) is 4. The van der Waals surface area contributed by atoms with Gasteiger partial charge in [-0.1, -0.05) is 43.9 Å². The molecule has 1 aromatic rings. The number of aliphatic carboxylic acids is 1. The fraction of sp³-hybridized carbons (Fsp3) is 0.594. The maximum atomic E-state index is 13.1. The van der Waals surface area contributed by atoms with Crippen LogP contribution in [0.1, 0.15) is 102 Å². The Kier molecular flexibility index (Phi) is 7.69. The Morgan fingerprint density at radius 3 is 2.51 bits per heavy atom. The first-order valence-electron chi connectivity index (χ1n) is 14.3. The average molecular weight is 505 g/mol. The van der Waals surface area contributed by atoms with Crippen LogP contribution in [0.15, 0.2) is 47.1 Å². The zero-order chi connectivity index (χ0) is 26.0. The second-order valence-corrected chi connectivity index (χ2v) is 11.8. The van der Waals surface area contributed by atoms with Crippen LogP contribution in [0.5, 0.6) is 5.75 Å². The molecule has 0 unspecified atom stereocenters. The molecule has 0 spiro atoms. The van der Waals surface area contributed by atoms with Crippen LogP contribution >= 0.6 is 0 Å². The fourth-order valence-corrected chi connectivity index (χ4v) is 7.63. The Morgan fingerprint density at radius 1 is 0.973 bits per heavy atom. The lowest BCUT2D eigenvalue weighted by Crippen LogP contribution is -2.43. The van der Waals surface area contributed by atoms with Gasteiger partial charge in [0.15, 0.2) is 5.78 Å². The van der Waals surface area contributed by atoms with Crippen LogP contribution < -0.4 is 4.74 Å². The largest absolute Gasteiger partial charge is 0.494 e. The quantitative estimate of drug-likeness (QED) is 0.348. The number of benzene rings is 1. The van der Waals surface area contributed by atoms with Crippen LogP contribution in [-0.2, 0) is 14.4 Å². The lowest BCUT2D eigenvalue weighted by molar-refractivity contribution is -0.137. The van der Waals surface area contributed by atoms with E-state index >= 15 is 0 Å². The van der Waals surface area contributed by atoms with E-state index in [0.29, 0.717) is 37.1 Å². The second kappa shape index (κ2) is 11.0. The van der Waals surface area contributed by atoms with Crippen LogP contribution in [0.2, 0.25) is 0 Å². The number of hydrogen-bond acceptors (Lipinski definition) is 4. The van der Waals surface area contributed by atoms with Gasteiger partial charge in [0.1, 0.15) is 11.5 Å². The molecule has 1 N–H and O–H groups in total. The van der Waals surface area contributed by atoms with E-state index in [-0.39, 0.29) is 23.5 Å². The van der Waals surface area contributed by atoms with Crippen LogP contribution in [0.3, 0.4) is 0 Å². The number of allylic oxidation sites excluding steroid dienone is 4. The smallest absolute Gasteiger partial charge is 0.303 e. The van der Waals surface area contributed by atoms with E-state index in [1.807, 2.05) is 6.08 Å². The summed E-state index contributed by atoms with van der Waals surface area (Å²) in [4.78, 5) is 35.9. The number of ketones is 2. The van der Waals surface area contributed by atoms with Crippen LogP contribution in [-0.4, -0.2) is 29.2 Å². The molecular weight excluding hydrogens is 464 g/mol. The van der Waals surface area contributed by atoms with Crippen molar-refractivity contribution in [3.63, 3.8) is 0 Å². The first kappa shape index (κ1) is 25.9. The molecule has 0 heterocycles. The van der Waals surface area contributed by atoms with Crippen LogP contribution in [0.4, 0.5) is 0 Å². The van der Waals surface area contributed by atoms with Gasteiger partial charge >= 0.3 is 5.97 Å². The molecule has 0 aromatic heterocycles. The molecule has 5 rings (SSSR count). The summed E-state index contributed by atoms with van der Waals surface area (Å²) in [6.45, 7) is 2.88. The van der Waals surface area contributed by atoms with Crippen molar-refractivity contribution in [1.29, 1.82) is 0 Å². The number of fused-ring (bicyclic) bond motifs is 4. The van der Waals surface area contributed by atoms with Gasteiger partial charge < -0.3 is 9.84 Å². The highest BCUT2D eigenvalue weighted by molar-refractivity contribution is 5.93. The first-order chi connectivity index (χ1) is 17.9. The maximum Gasteiger partial charge on any atom is 0.303 e. The Hall–Kier alpha value is -2.69. The van der Waals surface area contributed by atoms with E-state index in [0.717, 1.165) is 70.0 Å². The summed E-state index contributed by atoms with van der Waals surface area (Å²) in [5.41, 5.74) is 5.22. The molecule has 2 fully saturated rings. The standard InChI is InChI=1S/C32H40O5/c1-32-20-27(21-8-12-24(13-9-21)37-18-6-4-2-3-5-7-30(35)36)31-25-15-11-23(33)19-22(25)10-14-26(31)28(32)16-17-29(32)34/h8-9,12-13,19,26-28H,2-7,10-11,14-18,20H2,1H3,(H,35,36)/t26-,27+,28-,32-/m0/s1. The third-order valence-electron chi connectivity index (χ3n) is 9.53. The summed E-state index contributed by atoms with van der Waals surface area (Å²) in [7, 11) is 0. The van der Waals surface area contributed by atoms with Crippen molar-refractivity contribution in [3.8, 4) is 5.75 Å². The van der Waals surface area contributed by atoms with E-state index in [1.165, 1.54) is 22.3 Å². The minimum absolute atomic E-state index is 0.222. The van der Waals surface area contributed by atoms with Gasteiger partial charge in [-0.15, -0.1) is 0 Å². The third-order valence-corrected chi connectivity index (χ3v) is 9.53. The minimum Gasteiger partial charge on any atom is -0.494 e. The molecular formula is C32H40O5. The van der Waals surface area contributed by atoms with Gasteiger partial charge in [0, 0.05) is 30.6 Å². The van der Waals surface area contributed by atoms with Gasteiger partial charge in [0.25, 0.3) is 0 Å². The van der Waals surface area contributed by atoms with Gasteiger partial charge in [-0.25, -0.2) is 0 Å². The Balaban J connectivity index is 1.28. The molecule has 4 aliphatic carbocycles. The highest BCUT2D eigenvalue weighted by Crippen LogP contribution is 2.62. The number of carbonyl (C=O) groups excluding carboxylic acids is 2. The Labute approximate surface area is 220 Å². The van der Waals surface area contributed by atoms with Crippen molar-refractivity contribution in [2.45, 2.75) is 96.3 Å². The number of carboxylic acids is 1. The molecule has 1 aromatic carbocycles. The molecule has 0 radical (unpaired) electrons. The number of ether oxygens (including phenoxy) is 1. The zero-order valence-electron chi connectivity index (χ0n) is 22.1. The molecule has 0 saturated heterocycles. The monoisotopic (exact) mass is 504 g/mol. The summed E-state index contributed by atoms with van der Waals surface area (Å²) in [6.07, 6.45) is 13.0. The second-order valence-electron chi connectivity index (χ2n) is 11.8. The molecule has 198 valence electrons. The molecule has 0 aliphatic heterocycles. The van der Waals surface area contributed by atoms with Crippen LogP contribution in [0, 0.1) is 17.3 Å². The third kappa shape index (κ3) is 5.32. The van der Waals surface area contributed by atoms with Crippen molar-refractivity contribution in [1.82, 2.24) is 0 Å². The van der Waals surface area contributed by atoms with Crippen LogP contribution in [0.25, 0.3) is 0 Å². The van der Waals surface area contributed by atoms with E-state index < -0.39 is 5.97 Å². The zero-order valence-corrected chi connectivity index (χ0v) is 22.1. The molecule has 37 heavy (non-hydrogen) atoms. The lowest BCUT2D eigenvalue weighted by atomic mass is 9.53. The minimum atomic E-state index is -0.717. The number of carbonyl (C=O) groups is 3. The van der Waals surface area contributed by atoms with Gasteiger partial charge in [0.2, 0.25) is 0 Å². The van der Waals surface area contributed by atoms with E-state index in [1.54, 1.807) is 0 Å². The predicted octanol–water partition coefficient (Wildman–Crippen LogP) is 6.96. The Morgan fingerprint density at radius 2 is 1.73 bits per heavy atom. The maximum absolute atomic E-state index is 13.1. The first-order valence-corrected chi connectivity index (χ1v) is 14.3. The van der Waals surface area contributed by atoms with E-state index in [9.17, 15) is 14.4 Å². The van der Waals surface area contributed by atoms with Gasteiger partial charge in [0.05, 0.1) is 6.61 Å².